The zero-order valence-electron chi connectivity index (χ0n) is 24.4. The third kappa shape index (κ3) is 4.74. The summed E-state index contributed by atoms with van der Waals surface area (Å²) < 4.78 is 20.1. The number of likely N-dealkylation sites (N-methyl/N-ethyl adjacent to an activating group) is 1. The van der Waals surface area contributed by atoms with E-state index >= 15 is 0 Å². The van der Waals surface area contributed by atoms with Crippen LogP contribution < -0.4 is 9.64 Å². The van der Waals surface area contributed by atoms with E-state index in [2.05, 4.69) is 47.7 Å². The molecule has 0 saturated carbocycles. The minimum atomic E-state index is -0.943. The summed E-state index contributed by atoms with van der Waals surface area (Å²) in [5, 5.41) is 11.9. The molecule has 4 heterocycles. The highest BCUT2D eigenvalue weighted by Crippen LogP contribution is 2.46. The van der Waals surface area contributed by atoms with E-state index in [0.717, 1.165) is 60.8 Å². The Morgan fingerprint density at radius 3 is 2.77 bits per heavy atom. The van der Waals surface area contributed by atoms with Crippen LogP contribution in [-0.4, -0.2) is 72.1 Å². The van der Waals surface area contributed by atoms with E-state index in [4.69, 9.17) is 21.3 Å². The van der Waals surface area contributed by atoms with Crippen LogP contribution in [0.25, 0.3) is 22.0 Å². The summed E-state index contributed by atoms with van der Waals surface area (Å²) >= 11 is 7.06. The number of pyridine rings is 1. The van der Waals surface area contributed by atoms with E-state index in [1.54, 1.807) is 4.90 Å². The van der Waals surface area contributed by atoms with Crippen LogP contribution in [0, 0.1) is 11.3 Å². The summed E-state index contributed by atoms with van der Waals surface area (Å²) in [7, 11) is 2.10. The van der Waals surface area contributed by atoms with Crippen LogP contribution in [0.1, 0.15) is 48.8 Å². The lowest BCUT2D eigenvalue weighted by Crippen LogP contribution is -2.63. The Hall–Kier alpha value is -3.67. The Morgan fingerprint density at radius 1 is 1.16 bits per heavy atom. The van der Waals surface area contributed by atoms with Gasteiger partial charge in [-0.2, -0.15) is 5.26 Å². The Morgan fingerprint density at radius 2 is 2.00 bits per heavy atom. The standard InChI is InChI=1S/C34H35ClFN5O2/c1-20(36)34(42)40-14-12-30-31(40)18-41(30)32-26-15-28(35)25(24-11-5-8-21-7-3-4-10-23(21)24)16-29(26)38-33(27(32)17-37)43-19-22-9-6-13-39(22)2/h5,8,11,15-16,22,30-31H,1,3-4,6-7,9-10,12-14,18-19H2,2H3/t22-,30+,31+/m0/s1. The van der Waals surface area contributed by atoms with Crippen LogP contribution in [0.2, 0.25) is 5.02 Å². The number of anilines is 1. The molecule has 3 aliphatic heterocycles. The molecule has 43 heavy (non-hydrogen) atoms. The fourth-order valence-electron chi connectivity index (χ4n) is 7.64. The highest BCUT2D eigenvalue weighted by molar-refractivity contribution is 6.34. The van der Waals surface area contributed by atoms with Gasteiger partial charge in [-0.3, -0.25) is 4.79 Å². The van der Waals surface area contributed by atoms with Gasteiger partial charge in [-0.15, -0.1) is 0 Å². The van der Waals surface area contributed by atoms with Gasteiger partial charge in [0.1, 0.15) is 18.2 Å². The largest absolute Gasteiger partial charge is 0.475 e. The van der Waals surface area contributed by atoms with Gasteiger partial charge in [0.2, 0.25) is 5.88 Å². The first-order valence-corrected chi connectivity index (χ1v) is 15.7. The van der Waals surface area contributed by atoms with Crippen LogP contribution >= 0.6 is 11.6 Å². The number of fused-ring (bicyclic) bond motifs is 3. The van der Waals surface area contributed by atoms with E-state index in [-0.39, 0.29) is 18.1 Å². The van der Waals surface area contributed by atoms with Crippen LogP contribution in [0.5, 0.6) is 5.88 Å². The van der Waals surface area contributed by atoms with Crippen LogP contribution in [0.4, 0.5) is 10.1 Å². The van der Waals surface area contributed by atoms with E-state index < -0.39 is 11.7 Å². The maximum absolute atomic E-state index is 13.8. The maximum Gasteiger partial charge on any atom is 0.282 e. The van der Waals surface area contributed by atoms with Gasteiger partial charge < -0.3 is 19.4 Å². The number of carbonyl (C=O) groups is 1. The molecule has 1 aliphatic carbocycles. The highest BCUT2D eigenvalue weighted by Gasteiger charge is 2.50. The van der Waals surface area contributed by atoms with Crippen LogP contribution in [0.3, 0.4) is 0 Å². The van der Waals surface area contributed by atoms with E-state index in [1.165, 1.54) is 17.5 Å². The average Bonchev–Trinajstić information content (AvgIpc) is 3.56. The number of carbonyl (C=O) groups excluding carboxylic acids is 1. The first-order chi connectivity index (χ1) is 20.9. The molecule has 222 valence electrons. The molecule has 3 saturated heterocycles. The van der Waals surface area contributed by atoms with Crippen molar-refractivity contribution in [1.29, 1.82) is 5.26 Å². The van der Waals surface area contributed by atoms with Gasteiger partial charge in [0, 0.05) is 35.1 Å². The molecule has 1 amide bonds. The number of nitrogens with zero attached hydrogens (tertiary/aromatic N) is 5. The number of nitriles is 1. The number of ether oxygens (including phenoxy) is 1. The van der Waals surface area contributed by atoms with Gasteiger partial charge in [-0.1, -0.05) is 36.4 Å². The Labute approximate surface area is 256 Å². The predicted octanol–water partition coefficient (Wildman–Crippen LogP) is 6.05. The molecule has 0 spiro atoms. The van der Waals surface area contributed by atoms with Gasteiger partial charge in [0.25, 0.3) is 5.91 Å². The maximum atomic E-state index is 13.8. The molecule has 0 unspecified atom stereocenters. The first kappa shape index (κ1) is 28.1. The minimum absolute atomic E-state index is 0.0468. The zero-order valence-corrected chi connectivity index (χ0v) is 25.2. The normalized spacial score (nSPS) is 23.1. The van der Waals surface area contributed by atoms with Gasteiger partial charge >= 0.3 is 0 Å². The summed E-state index contributed by atoms with van der Waals surface area (Å²) in [6.45, 7) is 5.61. The number of benzene rings is 2. The molecule has 0 N–H and O–H groups in total. The van der Waals surface area contributed by atoms with Crippen molar-refractivity contribution in [3.8, 4) is 23.1 Å². The summed E-state index contributed by atoms with van der Waals surface area (Å²) in [6.07, 6.45) is 7.27. The second-order valence-corrected chi connectivity index (χ2v) is 12.7. The minimum Gasteiger partial charge on any atom is -0.475 e. The molecule has 3 aromatic rings. The second kappa shape index (κ2) is 11.1. The third-order valence-corrected chi connectivity index (χ3v) is 10.3. The molecule has 3 atom stereocenters. The van der Waals surface area contributed by atoms with Crippen molar-refractivity contribution in [2.75, 3.05) is 38.2 Å². The van der Waals surface area contributed by atoms with Crippen molar-refractivity contribution >= 4 is 34.1 Å². The molecule has 3 fully saturated rings. The van der Waals surface area contributed by atoms with E-state index in [1.807, 2.05) is 12.1 Å². The first-order valence-electron chi connectivity index (χ1n) is 15.3. The van der Waals surface area contributed by atoms with E-state index in [0.29, 0.717) is 48.1 Å². The molecule has 9 heteroatoms. The topological polar surface area (TPSA) is 72.7 Å². The SMILES string of the molecule is C=C(F)C(=O)N1CC[C@@H]2[C@H]1CN2c1c(C#N)c(OC[C@@H]2CCCN2C)nc2cc(-c3cccc4c3CCCC4)c(Cl)cc12. The molecule has 7 rings (SSSR count). The van der Waals surface area contributed by atoms with Gasteiger partial charge in [-0.05, 0) is 87.4 Å². The lowest BCUT2D eigenvalue weighted by molar-refractivity contribution is -0.130. The smallest absolute Gasteiger partial charge is 0.282 e. The van der Waals surface area contributed by atoms with Crippen molar-refractivity contribution in [2.24, 2.45) is 0 Å². The Bertz CT molecular complexity index is 1690. The monoisotopic (exact) mass is 599 g/mol. The molecular formula is C34H35ClFN5O2. The summed E-state index contributed by atoms with van der Waals surface area (Å²) in [4.78, 5) is 23.4. The molecule has 1 aromatic heterocycles. The summed E-state index contributed by atoms with van der Waals surface area (Å²) in [5.74, 6) is -1.28. The lowest BCUT2D eigenvalue weighted by Gasteiger charge is -2.48. The van der Waals surface area contributed by atoms with E-state index in [9.17, 15) is 14.4 Å². The molecule has 0 bridgehead atoms. The number of aromatic nitrogens is 1. The number of halogens is 2. The molecule has 7 nitrogen and oxygen atoms in total. The van der Waals surface area contributed by atoms with Crippen molar-refractivity contribution in [2.45, 2.75) is 63.1 Å². The van der Waals surface area contributed by atoms with Crippen molar-refractivity contribution in [1.82, 2.24) is 14.8 Å². The molecular weight excluding hydrogens is 565 g/mol. The van der Waals surface area contributed by atoms with Gasteiger partial charge in [0.05, 0.1) is 23.3 Å². The lowest BCUT2D eigenvalue weighted by atomic mass is 9.85. The fourth-order valence-corrected chi connectivity index (χ4v) is 7.90. The van der Waals surface area contributed by atoms with Crippen LogP contribution in [0.15, 0.2) is 42.7 Å². The number of hydrogen-bond acceptors (Lipinski definition) is 6. The Kier molecular flexibility index (Phi) is 7.27. The summed E-state index contributed by atoms with van der Waals surface area (Å²) in [5.41, 5.74) is 6.59. The zero-order chi connectivity index (χ0) is 29.8. The second-order valence-electron chi connectivity index (χ2n) is 12.3. The van der Waals surface area contributed by atoms with Crippen molar-refractivity contribution in [3.05, 3.63) is 64.5 Å². The van der Waals surface area contributed by atoms with Crippen molar-refractivity contribution in [3.63, 3.8) is 0 Å². The third-order valence-electron chi connectivity index (χ3n) is 9.97. The van der Waals surface area contributed by atoms with Crippen molar-refractivity contribution < 1.29 is 13.9 Å². The van der Waals surface area contributed by atoms with Gasteiger partial charge in [0.15, 0.2) is 5.83 Å². The number of hydrogen-bond donors (Lipinski definition) is 0. The number of amides is 1. The average molecular weight is 600 g/mol. The molecule has 4 aliphatic rings. The fraction of sp³-hybridized carbons (Fsp3) is 0.441. The highest BCUT2D eigenvalue weighted by atomic mass is 35.5. The Balaban J connectivity index is 1.34. The molecule has 2 aromatic carbocycles. The number of likely N-dealkylation sites (tertiary alicyclic amines) is 2. The number of aryl methyl sites for hydroxylation is 1. The quantitative estimate of drug-likeness (QED) is 0.321. The van der Waals surface area contributed by atoms with Gasteiger partial charge in [-0.25, -0.2) is 9.37 Å². The summed E-state index contributed by atoms with van der Waals surface area (Å²) in [6, 6.07) is 12.9. The molecule has 0 radical (unpaired) electrons. The number of rotatable bonds is 6. The van der Waals surface area contributed by atoms with Crippen LogP contribution in [-0.2, 0) is 17.6 Å². The predicted molar refractivity (Wildman–Crippen MR) is 166 cm³/mol.